The zero-order valence-corrected chi connectivity index (χ0v) is 15.5. The molecule has 5 nitrogen and oxygen atoms in total. The minimum Gasteiger partial charge on any atom is -0.331 e. The van der Waals surface area contributed by atoms with Crippen LogP contribution in [0.15, 0.2) is 35.6 Å². The molecule has 154 valence electrons. The highest BCUT2D eigenvalue weighted by molar-refractivity contribution is 7.99. The molecule has 2 N–H and O–H groups in total. The minimum atomic E-state index is -5.00. The van der Waals surface area contributed by atoms with Crippen molar-refractivity contribution in [2.24, 2.45) is 0 Å². The second kappa shape index (κ2) is 7.75. The number of benzene rings is 1. The van der Waals surface area contributed by atoms with E-state index in [-0.39, 0.29) is 17.0 Å². The quantitative estimate of drug-likeness (QED) is 0.410. The number of pyridine rings is 1. The Balaban J connectivity index is 1.73. The van der Waals surface area contributed by atoms with E-state index in [0.717, 1.165) is 11.8 Å². The first kappa shape index (κ1) is 21.2. The highest BCUT2D eigenvalue weighted by atomic mass is 35.5. The van der Waals surface area contributed by atoms with E-state index >= 15 is 0 Å². The Kier molecular flexibility index (Phi) is 5.68. The fourth-order valence-electron chi connectivity index (χ4n) is 2.28. The summed E-state index contributed by atoms with van der Waals surface area (Å²) in [5.74, 6) is -1.13. The number of amides is 1. The summed E-state index contributed by atoms with van der Waals surface area (Å²) in [4.78, 5) is 22.9. The van der Waals surface area contributed by atoms with E-state index in [2.05, 4.69) is 15.0 Å². The van der Waals surface area contributed by atoms with Crippen molar-refractivity contribution < 1.29 is 31.1 Å². The van der Waals surface area contributed by atoms with Crippen molar-refractivity contribution in [2.45, 2.75) is 17.5 Å². The number of alkyl halides is 6. The van der Waals surface area contributed by atoms with Crippen molar-refractivity contribution in [3.8, 4) is 0 Å². The summed E-state index contributed by atoms with van der Waals surface area (Å²) in [6, 6.07) is 2.41. The molecule has 0 aliphatic heterocycles. The maximum Gasteiger partial charge on any atom is 0.416 e. The predicted octanol–water partition coefficient (Wildman–Crippen LogP) is 5.38. The number of hydrogen-bond donors (Lipinski definition) is 2. The van der Waals surface area contributed by atoms with Gasteiger partial charge in [-0.15, -0.1) is 0 Å². The van der Waals surface area contributed by atoms with Crippen LogP contribution in [-0.4, -0.2) is 26.6 Å². The lowest BCUT2D eigenvalue weighted by Crippen LogP contribution is -2.17. The number of fused-ring (bicyclic) bond motifs is 1. The van der Waals surface area contributed by atoms with Crippen LogP contribution >= 0.6 is 23.4 Å². The molecule has 0 bridgehead atoms. The second-order valence-corrected chi connectivity index (χ2v) is 7.10. The molecular weight excluding hydrogens is 446 g/mol. The molecule has 3 rings (SSSR count). The van der Waals surface area contributed by atoms with Crippen molar-refractivity contribution in [1.29, 1.82) is 0 Å². The van der Waals surface area contributed by atoms with Crippen LogP contribution in [0.4, 0.5) is 32.0 Å². The fraction of sp³-hybridized carbons (Fsp3) is 0.188. The SMILES string of the molecule is O=C(CSc1nc2ncc(Cl)cc2[nH]1)Nc1cc(C(F)(F)F)cc(C(F)(F)F)c1. The number of rotatable bonds is 4. The topological polar surface area (TPSA) is 70.7 Å². The Labute approximate surface area is 167 Å². The molecule has 29 heavy (non-hydrogen) atoms. The fourth-order valence-corrected chi connectivity index (χ4v) is 3.11. The summed E-state index contributed by atoms with van der Waals surface area (Å²) in [5.41, 5.74) is -2.81. The molecule has 1 aromatic carbocycles. The summed E-state index contributed by atoms with van der Waals surface area (Å²) < 4.78 is 77.2. The van der Waals surface area contributed by atoms with Crippen molar-refractivity contribution in [3.05, 3.63) is 46.6 Å². The Morgan fingerprint density at radius 3 is 2.28 bits per heavy atom. The number of hydrogen-bond acceptors (Lipinski definition) is 4. The van der Waals surface area contributed by atoms with Gasteiger partial charge in [-0.05, 0) is 24.3 Å². The van der Waals surface area contributed by atoms with Gasteiger partial charge in [0.1, 0.15) is 0 Å². The van der Waals surface area contributed by atoms with E-state index in [1.54, 1.807) is 6.07 Å². The van der Waals surface area contributed by atoms with E-state index in [4.69, 9.17) is 11.6 Å². The molecule has 0 radical (unpaired) electrons. The molecule has 0 atom stereocenters. The van der Waals surface area contributed by atoms with E-state index < -0.39 is 35.1 Å². The van der Waals surface area contributed by atoms with Gasteiger partial charge in [0.25, 0.3) is 0 Å². The number of imidazole rings is 1. The molecule has 2 heterocycles. The number of anilines is 1. The van der Waals surface area contributed by atoms with E-state index in [9.17, 15) is 31.1 Å². The number of carbonyl (C=O) groups excluding carboxylic acids is 1. The largest absolute Gasteiger partial charge is 0.416 e. The molecule has 13 heteroatoms. The summed E-state index contributed by atoms with van der Waals surface area (Å²) in [6.45, 7) is 0. The third kappa shape index (κ3) is 5.32. The molecule has 0 aliphatic carbocycles. The zero-order chi connectivity index (χ0) is 21.4. The number of thioether (sulfide) groups is 1. The Hall–Kier alpha value is -2.47. The van der Waals surface area contributed by atoms with Gasteiger partial charge in [-0.25, -0.2) is 9.97 Å². The van der Waals surface area contributed by atoms with Crippen molar-refractivity contribution in [3.63, 3.8) is 0 Å². The maximum absolute atomic E-state index is 12.9. The Bertz CT molecular complexity index is 1030. The third-order valence-corrected chi connectivity index (χ3v) is 4.57. The molecule has 0 spiro atoms. The molecule has 0 saturated heterocycles. The molecule has 2 aromatic heterocycles. The summed E-state index contributed by atoms with van der Waals surface area (Å²) in [5, 5.41) is 2.69. The monoisotopic (exact) mass is 454 g/mol. The number of carbonyl (C=O) groups is 1. The number of aromatic nitrogens is 3. The van der Waals surface area contributed by atoms with Crippen LogP contribution in [0, 0.1) is 0 Å². The molecular formula is C16H9ClF6N4OS. The molecule has 1 amide bonds. The van der Waals surface area contributed by atoms with Crippen LogP contribution in [0.5, 0.6) is 0 Å². The molecule has 0 aliphatic rings. The molecule has 3 aromatic rings. The van der Waals surface area contributed by atoms with Gasteiger partial charge in [0, 0.05) is 11.9 Å². The first-order valence-corrected chi connectivity index (χ1v) is 9.01. The highest BCUT2D eigenvalue weighted by Crippen LogP contribution is 2.37. The van der Waals surface area contributed by atoms with Gasteiger partial charge < -0.3 is 10.3 Å². The normalized spacial score (nSPS) is 12.4. The first-order valence-electron chi connectivity index (χ1n) is 7.65. The van der Waals surface area contributed by atoms with Gasteiger partial charge in [-0.2, -0.15) is 26.3 Å². The van der Waals surface area contributed by atoms with E-state index in [1.165, 1.54) is 6.20 Å². The van der Waals surface area contributed by atoms with Crippen molar-refractivity contribution in [1.82, 2.24) is 15.0 Å². The number of aromatic amines is 1. The average molecular weight is 455 g/mol. The van der Waals surface area contributed by atoms with Crippen LogP contribution in [0.25, 0.3) is 11.2 Å². The average Bonchev–Trinajstić information content (AvgIpc) is 3.00. The Morgan fingerprint density at radius 2 is 1.69 bits per heavy atom. The highest BCUT2D eigenvalue weighted by Gasteiger charge is 2.37. The molecule has 0 unspecified atom stereocenters. The lowest BCUT2D eigenvalue weighted by molar-refractivity contribution is -0.143. The molecule has 0 fully saturated rings. The number of nitrogens with one attached hydrogen (secondary N) is 2. The third-order valence-electron chi connectivity index (χ3n) is 3.49. The van der Waals surface area contributed by atoms with Gasteiger partial charge in [0.05, 0.1) is 27.4 Å². The van der Waals surface area contributed by atoms with Gasteiger partial charge in [0.15, 0.2) is 10.8 Å². The molecule has 0 saturated carbocycles. The van der Waals surface area contributed by atoms with Crippen molar-refractivity contribution >= 4 is 46.1 Å². The van der Waals surface area contributed by atoms with Gasteiger partial charge in [-0.1, -0.05) is 23.4 Å². The smallest absolute Gasteiger partial charge is 0.331 e. The minimum absolute atomic E-state index is 0.0169. The number of H-pyrrole nitrogens is 1. The van der Waals surface area contributed by atoms with Crippen LogP contribution < -0.4 is 5.32 Å². The van der Waals surface area contributed by atoms with E-state index in [1.807, 2.05) is 5.32 Å². The van der Waals surface area contributed by atoms with Gasteiger partial charge >= 0.3 is 12.4 Å². The van der Waals surface area contributed by atoms with E-state index in [0.29, 0.717) is 28.3 Å². The van der Waals surface area contributed by atoms with Crippen molar-refractivity contribution in [2.75, 3.05) is 11.1 Å². The number of nitrogens with zero attached hydrogens (tertiary/aromatic N) is 2. The number of halogens is 7. The summed E-state index contributed by atoms with van der Waals surface area (Å²) in [6.07, 6.45) is -8.63. The summed E-state index contributed by atoms with van der Waals surface area (Å²) in [7, 11) is 0. The van der Waals surface area contributed by atoms with Crippen LogP contribution in [-0.2, 0) is 17.1 Å². The first-order chi connectivity index (χ1) is 13.4. The second-order valence-electron chi connectivity index (χ2n) is 5.70. The zero-order valence-electron chi connectivity index (χ0n) is 14.0. The van der Waals surface area contributed by atoms with Gasteiger partial charge in [-0.3, -0.25) is 4.79 Å². The van der Waals surface area contributed by atoms with Crippen LogP contribution in [0.2, 0.25) is 5.02 Å². The predicted molar refractivity (Wildman–Crippen MR) is 94.7 cm³/mol. The Morgan fingerprint density at radius 1 is 1.07 bits per heavy atom. The lowest BCUT2D eigenvalue weighted by atomic mass is 10.1. The van der Waals surface area contributed by atoms with Gasteiger partial charge in [0.2, 0.25) is 5.91 Å². The maximum atomic E-state index is 12.9. The standard InChI is InChI=1S/C16H9ClF6N4OS/c17-9-4-11-13(24-5-9)27-14(26-11)29-6-12(28)25-10-2-7(15(18,19)20)1-8(3-10)16(21,22)23/h1-5H,6H2,(H,25,28)(H,24,26,27). The summed E-state index contributed by atoms with van der Waals surface area (Å²) >= 11 is 6.69. The van der Waals surface area contributed by atoms with Crippen LogP contribution in [0.1, 0.15) is 11.1 Å². The van der Waals surface area contributed by atoms with Crippen LogP contribution in [0.3, 0.4) is 0 Å². The lowest BCUT2D eigenvalue weighted by Gasteiger charge is -2.14.